The molecule has 6 rings (SSSR count). The third-order valence-electron chi connectivity index (χ3n) is 13.2. The smallest absolute Gasteiger partial charge is 0.303 e. The van der Waals surface area contributed by atoms with Gasteiger partial charge in [0.1, 0.15) is 0 Å². The van der Waals surface area contributed by atoms with Gasteiger partial charge >= 0.3 is 5.97 Å². The zero-order valence-corrected chi connectivity index (χ0v) is 25.5. The molecule has 1 N–H and O–H groups in total. The highest BCUT2D eigenvalue weighted by atomic mass is 16.8. The van der Waals surface area contributed by atoms with Gasteiger partial charge in [0, 0.05) is 32.5 Å². The molecule has 0 aromatic rings. The van der Waals surface area contributed by atoms with E-state index in [9.17, 15) is 9.90 Å². The van der Waals surface area contributed by atoms with Crippen LogP contribution in [-0.4, -0.2) is 42.7 Å². The molecule has 4 aliphatic carbocycles. The van der Waals surface area contributed by atoms with E-state index in [0.29, 0.717) is 35.0 Å². The van der Waals surface area contributed by atoms with Crippen molar-refractivity contribution in [2.24, 2.45) is 46.3 Å². The van der Waals surface area contributed by atoms with Crippen LogP contribution >= 0.6 is 0 Å². The van der Waals surface area contributed by atoms with Gasteiger partial charge in [0.2, 0.25) is 0 Å². The first-order chi connectivity index (χ1) is 19.2. The zero-order chi connectivity index (χ0) is 28.0. The van der Waals surface area contributed by atoms with Gasteiger partial charge in [-0.2, -0.15) is 0 Å². The van der Waals surface area contributed by atoms with Gasteiger partial charge in [-0.05, 0) is 136 Å². The van der Waals surface area contributed by atoms with E-state index in [4.69, 9.17) is 18.9 Å². The number of carboxylic acids is 1. The monoisotopic (exact) mass is 560 g/mol. The van der Waals surface area contributed by atoms with Gasteiger partial charge < -0.3 is 24.1 Å². The van der Waals surface area contributed by atoms with Crippen molar-refractivity contribution in [3.8, 4) is 0 Å². The average Bonchev–Trinajstić information content (AvgIpc) is 3.30. The Morgan fingerprint density at radius 1 is 0.825 bits per heavy atom. The van der Waals surface area contributed by atoms with Gasteiger partial charge in [-0.1, -0.05) is 20.8 Å². The Bertz CT molecular complexity index is 860. The van der Waals surface area contributed by atoms with E-state index in [1.807, 2.05) is 0 Å². The molecule has 0 radical (unpaired) electrons. The summed E-state index contributed by atoms with van der Waals surface area (Å²) in [6, 6.07) is 0. The van der Waals surface area contributed by atoms with E-state index in [0.717, 1.165) is 75.9 Å². The summed E-state index contributed by atoms with van der Waals surface area (Å²) in [5.41, 5.74) is 0.720. The van der Waals surface area contributed by atoms with Gasteiger partial charge in [-0.3, -0.25) is 4.79 Å². The maximum absolute atomic E-state index is 11.3. The van der Waals surface area contributed by atoms with Crippen molar-refractivity contribution in [3.05, 3.63) is 0 Å². The van der Waals surface area contributed by atoms with Crippen LogP contribution in [0.15, 0.2) is 0 Å². The summed E-state index contributed by atoms with van der Waals surface area (Å²) in [7, 11) is 0. The summed E-state index contributed by atoms with van der Waals surface area (Å²) in [5.74, 6) is 2.97. The molecule has 6 aliphatic rings. The minimum absolute atomic E-state index is 0.146. The minimum Gasteiger partial charge on any atom is -0.481 e. The first-order valence-electron chi connectivity index (χ1n) is 17.0. The lowest BCUT2D eigenvalue weighted by atomic mass is 9.44. The highest BCUT2D eigenvalue weighted by Crippen LogP contribution is 2.69. The highest BCUT2D eigenvalue weighted by molar-refractivity contribution is 5.66. The Hall–Kier alpha value is -0.690. The molecule has 6 fully saturated rings. The third-order valence-corrected chi connectivity index (χ3v) is 13.2. The summed E-state index contributed by atoms with van der Waals surface area (Å²) in [6.45, 7) is 9.12. The molecular formula is C34H56O6. The van der Waals surface area contributed by atoms with Gasteiger partial charge in [-0.25, -0.2) is 0 Å². The number of aliphatic carboxylic acids is 1. The fraction of sp³-hybridized carbons (Fsp3) is 0.971. The van der Waals surface area contributed by atoms with E-state index >= 15 is 0 Å². The molecule has 2 aliphatic heterocycles. The number of rotatable bonds is 8. The fourth-order valence-electron chi connectivity index (χ4n) is 11.1. The summed E-state index contributed by atoms with van der Waals surface area (Å²) in [6.07, 6.45) is 18.3. The van der Waals surface area contributed by atoms with E-state index in [-0.39, 0.29) is 12.6 Å². The Balaban J connectivity index is 1.17. The first-order valence-corrected chi connectivity index (χ1v) is 17.0. The Morgan fingerprint density at radius 2 is 1.50 bits per heavy atom. The number of carboxylic acid groups (broad SMARTS) is 1. The topological polar surface area (TPSA) is 74.2 Å². The van der Waals surface area contributed by atoms with E-state index in [1.165, 1.54) is 57.8 Å². The lowest BCUT2D eigenvalue weighted by molar-refractivity contribution is -0.381. The SMILES string of the molecule is C[C@H](CCC(=O)O)[C@H]1CC[C@H]2[C@@H]3CC[C@@H]4CC(OC5CCCCO5)(OC5CCCCO5)CC[C@@]4(C)[C@H]3CC[C@]12C. The fourth-order valence-corrected chi connectivity index (χ4v) is 11.1. The van der Waals surface area contributed by atoms with E-state index < -0.39 is 11.8 Å². The van der Waals surface area contributed by atoms with Crippen LogP contribution in [0.1, 0.15) is 130 Å². The number of ether oxygens (including phenoxy) is 4. The summed E-state index contributed by atoms with van der Waals surface area (Å²) in [4.78, 5) is 11.3. The lowest BCUT2D eigenvalue weighted by Gasteiger charge is -2.62. The van der Waals surface area contributed by atoms with Crippen molar-refractivity contribution in [1.82, 2.24) is 0 Å². The number of hydrogen-bond acceptors (Lipinski definition) is 5. The number of fused-ring (bicyclic) bond motifs is 5. The van der Waals surface area contributed by atoms with Crippen molar-refractivity contribution in [2.45, 2.75) is 148 Å². The largest absolute Gasteiger partial charge is 0.481 e. The van der Waals surface area contributed by atoms with Crippen LogP contribution in [0.3, 0.4) is 0 Å². The number of hydrogen-bond donors (Lipinski definition) is 1. The molecule has 6 heteroatoms. The predicted octanol–water partition coefficient (Wildman–Crippen LogP) is 7.93. The standard InChI is InChI=1S/C34H56O6/c1-23(10-15-29(35)36)26-13-14-27-25-12-11-24-22-34(39-30-8-4-6-20-37-30,40-31-9-5-7-21-38-31)19-18-32(24,2)28(25)16-17-33(26,27)3/h23-28,30-31H,4-22H2,1-3H3,(H,35,36)/t23-,24-,25+,26-,27+,28+,30?,31?,32-,33-,34?/m1/s1. The van der Waals surface area contributed by atoms with E-state index in [2.05, 4.69) is 20.8 Å². The second-order valence-electron chi connectivity index (χ2n) is 15.2. The van der Waals surface area contributed by atoms with Crippen LogP contribution < -0.4 is 0 Å². The maximum Gasteiger partial charge on any atom is 0.303 e. The second kappa shape index (κ2) is 11.8. The Morgan fingerprint density at radius 3 is 2.12 bits per heavy atom. The van der Waals surface area contributed by atoms with Crippen LogP contribution in [-0.2, 0) is 23.7 Å². The molecule has 0 aromatic heterocycles. The molecule has 40 heavy (non-hydrogen) atoms. The zero-order valence-electron chi connectivity index (χ0n) is 25.5. The molecule has 0 bridgehead atoms. The lowest BCUT2D eigenvalue weighted by Crippen LogP contribution is -2.58. The molecule has 4 saturated carbocycles. The summed E-state index contributed by atoms with van der Waals surface area (Å²) in [5, 5.41) is 9.28. The quantitative estimate of drug-likeness (QED) is 0.240. The molecule has 2 unspecified atom stereocenters. The molecule has 2 saturated heterocycles. The van der Waals surface area contributed by atoms with Crippen LogP contribution in [0.4, 0.5) is 0 Å². The van der Waals surface area contributed by atoms with Gasteiger partial charge in [-0.15, -0.1) is 0 Å². The first kappa shape index (κ1) is 29.4. The van der Waals surface area contributed by atoms with Crippen LogP contribution in [0.25, 0.3) is 0 Å². The molecule has 228 valence electrons. The second-order valence-corrected chi connectivity index (χ2v) is 15.2. The molecule has 6 nitrogen and oxygen atoms in total. The minimum atomic E-state index is -0.645. The van der Waals surface area contributed by atoms with Gasteiger partial charge in [0.05, 0.1) is 0 Å². The molecular weight excluding hydrogens is 504 g/mol. The molecule has 2 heterocycles. The number of carbonyl (C=O) groups is 1. The summed E-state index contributed by atoms with van der Waals surface area (Å²) < 4.78 is 25.9. The van der Waals surface area contributed by atoms with Gasteiger partial charge in [0.25, 0.3) is 0 Å². The van der Waals surface area contributed by atoms with E-state index in [1.54, 1.807) is 0 Å². The Labute approximate surface area is 242 Å². The van der Waals surface area contributed by atoms with Crippen molar-refractivity contribution in [3.63, 3.8) is 0 Å². The normalized spacial score (nSPS) is 48.0. The van der Waals surface area contributed by atoms with Crippen molar-refractivity contribution in [1.29, 1.82) is 0 Å². The van der Waals surface area contributed by atoms with Crippen molar-refractivity contribution >= 4 is 5.97 Å². The maximum atomic E-state index is 11.3. The Kier molecular flexibility index (Phi) is 8.65. The van der Waals surface area contributed by atoms with Crippen molar-refractivity contribution in [2.75, 3.05) is 13.2 Å². The predicted molar refractivity (Wildman–Crippen MR) is 153 cm³/mol. The molecule has 0 spiro atoms. The molecule has 10 atom stereocenters. The third kappa shape index (κ3) is 5.53. The molecule has 0 amide bonds. The molecule has 0 aromatic carbocycles. The van der Waals surface area contributed by atoms with Crippen LogP contribution in [0.2, 0.25) is 0 Å². The van der Waals surface area contributed by atoms with Crippen molar-refractivity contribution < 1.29 is 28.8 Å². The highest BCUT2D eigenvalue weighted by Gasteiger charge is 2.62. The average molecular weight is 561 g/mol. The summed E-state index contributed by atoms with van der Waals surface area (Å²) >= 11 is 0. The van der Waals surface area contributed by atoms with Gasteiger partial charge in [0.15, 0.2) is 18.4 Å². The van der Waals surface area contributed by atoms with Crippen LogP contribution in [0.5, 0.6) is 0 Å². The van der Waals surface area contributed by atoms with Crippen LogP contribution in [0, 0.1) is 46.3 Å².